The van der Waals surface area contributed by atoms with E-state index in [9.17, 15) is 15.2 Å². The Morgan fingerprint density at radius 1 is 1.50 bits per heavy atom. The average molecular weight is 281 g/mol. The van der Waals surface area contributed by atoms with Crippen molar-refractivity contribution in [2.75, 3.05) is 30.4 Å². The summed E-state index contributed by atoms with van der Waals surface area (Å²) in [7, 11) is 1.59. The third-order valence-electron chi connectivity index (χ3n) is 3.58. The molecule has 1 fully saturated rings. The van der Waals surface area contributed by atoms with Crippen molar-refractivity contribution in [3.05, 3.63) is 16.4 Å². The molecular weight excluding hydrogens is 262 g/mol. The number of nitrogens with zero attached hydrogens (tertiary/aromatic N) is 4. The van der Waals surface area contributed by atoms with Gasteiger partial charge < -0.3 is 15.3 Å². The van der Waals surface area contributed by atoms with Crippen LogP contribution in [-0.4, -0.2) is 46.2 Å². The second-order valence-electron chi connectivity index (χ2n) is 4.78. The van der Waals surface area contributed by atoms with Crippen LogP contribution >= 0.6 is 0 Å². The maximum atomic E-state index is 11.3. The van der Waals surface area contributed by atoms with Crippen LogP contribution in [0.25, 0.3) is 0 Å². The molecule has 2 N–H and O–H groups in total. The summed E-state index contributed by atoms with van der Waals surface area (Å²) < 4.78 is 0. The highest BCUT2D eigenvalue weighted by molar-refractivity contribution is 5.70. The third-order valence-corrected chi connectivity index (χ3v) is 3.58. The van der Waals surface area contributed by atoms with Crippen LogP contribution in [0.2, 0.25) is 0 Å². The molecule has 1 unspecified atom stereocenters. The second kappa shape index (κ2) is 6.47. The topological polar surface area (TPSA) is 104 Å². The molecular formula is C12H19N5O3. The lowest BCUT2D eigenvalue weighted by Crippen LogP contribution is -2.38. The summed E-state index contributed by atoms with van der Waals surface area (Å²) in [6.45, 7) is 0.627. The van der Waals surface area contributed by atoms with E-state index in [1.807, 2.05) is 4.90 Å². The zero-order valence-corrected chi connectivity index (χ0v) is 11.4. The summed E-state index contributed by atoms with van der Waals surface area (Å²) >= 11 is 0. The van der Waals surface area contributed by atoms with Gasteiger partial charge in [0.1, 0.15) is 6.33 Å². The smallest absolute Gasteiger partial charge is 0.353 e. The molecule has 20 heavy (non-hydrogen) atoms. The molecule has 0 aromatic carbocycles. The fourth-order valence-corrected chi connectivity index (χ4v) is 2.58. The van der Waals surface area contributed by atoms with Crippen molar-refractivity contribution < 1.29 is 10.0 Å². The number of anilines is 2. The Labute approximate surface area is 117 Å². The first-order valence-electron chi connectivity index (χ1n) is 6.73. The Balaban J connectivity index is 2.46. The summed E-state index contributed by atoms with van der Waals surface area (Å²) in [5, 5.41) is 23.6. The molecule has 0 saturated carbocycles. The highest BCUT2D eigenvalue weighted by atomic mass is 16.6. The van der Waals surface area contributed by atoms with E-state index in [1.54, 1.807) is 7.05 Å². The predicted molar refractivity (Wildman–Crippen MR) is 74.9 cm³/mol. The number of hydrogen-bond acceptors (Lipinski definition) is 7. The molecule has 2 rings (SSSR count). The van der Waals surface area contributed by atoms with Gasteiger partial charge in [-0.25, -0.2) is 9.97 Å². The molecule has 1 aromatic rings. The summed E-state index contributed by atoms with van der Waals surface area (Å²) in [4.78, 5) is 20.7. The summed E-state index contributed by atoms with van der Waals surface area (Å²) in [5.74, 6) is 0.483. The van der Waals surface area contributed by atoms with Crippen molar-refractivity contribution in [2.24, 2.45) is 0 Å². The molecule has 8 heteroatoms. The normalized spacial score (nSPS) is 19.5. The second-order valence-corrected chi connectivity index (χ2v) is 4.78. The molecule has 0 amide bonds. The van der Waals surface area contributed by atoms with Crippen LogP contribution in [0.15, 0.2) is 6.33 Å². The standard InChI is InChI=1S/C12H19N5O3/c1-13-11-10(17(19)20)12(15-8-14-11)16-6-4-2-3-5-9(16)7-18/h8-9,18H,2-7H2,1H3,(H,13,14,15). The van der Waals surface area contributed by atoms with Crippen LogP contribution in [0.1, 0.15) is 25.7 Å². The molecule has 0 spiro atoms. The quantitative estimate of drug-likeness (QED) is 0.630. The van der Waals surface area contributed by atoms with Crippen LogP contribution in [0, 0.1) is 10.1 Å². The Morgan fingerprint density at radius 2 is 2.30 bits per heavy atom. The van der Waals surface area contributed by atoms with Crippen LogP contribution in [0.5, 0.6) is 0 Å². The SMILES string of the molecule is CNc1ncnc(N2CCCCCC2CO)c1[N+](=O)[O-]. The summed E-state index contributed by atoms with van der Waals surface area (Å²) in [6.07, 6.45) is 5.14. The van der Waals surface area contributed by atoms with Gasteiger partial charge in [0.05, 0.1) is 17.6 Å². The predicted octanol–water partition coefficient (Wildman–Crippen LogP) is 1.17. The molecule has 1 aliphatic heterocycles. The summed E-state index contributed by atoms with van der Waals surface area (Å²) in [5.41, 5.74) is -0.129. The average Bonchev–Trinajstić information content (AvgIpc) is 2.71. The van der Waals surface area contributed by atoms with Crippen molar-refractivity contribution in [1.82, 2.24) is 9.97 Å². The zero-order valence-electron chi connectivity index (χ0n) is 11.4. The fraction of sp³-hybridized carbons (Fsp3) is 0.667. The number of aliphatic hydroxyl groups excluding tert-OH is 1. The minimum atomic E-state index is -0.472. The maximum Gasteiger partial charge on any atom is 0.353 e. The molecule has 0 radical (unpaired) electrons. The van der Waals surface area contributed by atoms with Crippen LogP contribution in [-0.2, 0) is 0 Å². The van der Waals surface area contributed by atoms with Crippen molar-refractivity contribution in [3.8, 4) is 0 Å². The number of aromatic nitrogens is 2. The minimum Gasteiger partial charge on any atom is -0.394 e. The van der Waals surface area contributed by atoms with Gasteiger partial charge in [-0.15, -0.1) is 0 Å². The van der Waals surface area contributed by atoms with Crippen molar-refractivity contribution >= 4 is 17.3 Å². The van der Waals surface area contributed by atoms with E-state index >= 15 is 0 Å². The molecule has 1 saturated heterocycles. The van der Waals surface area contributed by atoms with Crippen molar-refractivity contribution in [1.29, 1.82) is 0 Å². The lowest BCUT2D eigenvalue weighted by Gasteiger charge is -2.29. The highest BCUT2D eigenvalue weighted by Gasteiger charge is 2.31. The van der Waals surface area contributed by atoms with Gasteiger partial charge in [-0.3, -0.25) is 10.1 Å². The number of nitro groups is 1. The van der Waals surface area contributed by atoms with E-state index in [2.05, 4.69) is 15.3 Å². The first kappa shape index (κ1) is 14.4. The van der Waals surface area contributed by atoms with Gasteiger partial charge in [0, 0.05) is 13.6 Å². The molecule has 8 nitrogen and oxygen atoms in total. The first-order chi connectivity index (χ1) is 9.69. The van der Waals surface area contributed by atoms with Gasteiger partial charge in [-0.05, 0) is 12.8 Å². The largest absolute Gasteiger partial charge is 0.394 e. The number of nitrogens with one attached hydrogen (secondary N) is 1. The number of rotatable bonds is 4. The third kappa shape index (κ3) is 2.79. The van der Waals surface area contributed by atoms with Gasteiger partial charge >= 0.3 is 5.69 Å². The molecule has 0 bridgehead atoms. The lowest BCUT2D eigenvalue weighted by atomic mass is 10.1. The lowest BCUT2D eigenvalue weighted by molar-refractivity contribution is -0.383. The van der Waals surface area contributed by atoms with E-state index < -0.39 is 4.92 Å². The molecule has 1 aromatic heterocycles. The monoisotopic (exact) mass is 281 g/mol. The van der Waals surface area contributed by atoms with E-state index in [0.29, 0.717) is 6.54 Å². The van der Waals surface area contributed by atoms with Gasteiger partial charge in [0.25, 0.3) is 0 Å². The Hall–Kier alpha value is -1.96. The first-order valence-corrected chi connectivity index (χ1v) is 6.73. The van der Waals surface area contributed by atoms with E-state index in [0.717, 1.165) is 25.7 Å². The number of aliphatic hydroxyl groups is 1. The van der Waals surface area contributed by atoms with Crippen molar-refractivity contribution in [3.63, 3.8) is 0 Å². The Bertz CT molecular complexity index is 482. The Kier molecular flexibility index (Phi) is 4.67. The van der Waals surface area contributed by atoms with Crippen molar-refractivity contribution in [2.45, 2.75) is 31.7 Å². The molecule has 0 aliphatic carbocycles. The maximum absolute atomic E-state index is 11.3. The van der Waals surface area contributed by atoms with E-state index in [4.69, 9.17) is 0 Å². The van der Waals surface area contributed by atoms with Crippen LogP contribution < -0.4 is 10.2 Å². The van der Waals surface area contributed by atoms with Gasteiger partial charge in [-0.1, -0.05) is 12.8 Å². The van der Waals surface area contributed by atoms with Gasteiger partial charge in [0.15, 0.2) is 0 Å². The van der Waals surface area contributed by atoms with E-state index in [1.165, 1.54) is 6.33 Å². The van der Waals surface area contributed by atoms with Crippen LogP contribution in [0.3, 0.4) is 0 Å². The number of hydrogen-bond donors (Lipinski definition) is 2. The highest BCUT2D eigenvalue weighted by Crippen LogP contribution is 2.34. The molecule has 1 aliphatic rings. The zero-order chi connectivity index (χ0) is 14.5. The van der Waals surface area contributed by atoms with Gasteiger partial charge in [-0.2, -0.15) is 0 Å². The minimum absolute atomic E-state index is 0.0317. The molecule has 110 valence electrons. The Morgan fingerprint density at radius 3 is 2.95 bits per heavy atom. The van der Waals surface area contributed by atoms with Crippen LogP contribution in [0.4, 0.5) is 17.3 Å². The molecule has 2 heterocycles. The molecule has 1 atom stereocenters. The van der Waals surface area contributed by atoms with Gasteiger partial charge in [0.2, 0.25) is 11.6 Å². The summed E-state index contributed by atoms with van der Waals surface area (Å²) in [6, 6.07) is -0.129. The fourth-order valence-electron chi connectivity index (χ4n) is 2.58. The van der Waals surface area contributed by atoms with E-state index in [-0.39, 0.29) is 30.0 Å².